The molecule has 2 aromatic rings. The zero-order chi connectivity index (χ0) is 22.6. The normalized spacial score (nSPS) is 16.5. The van der Waals surface area contributed by atoms with Crippen LogP contribution in [0.25, 0.3) is 5.69 Å². The maximum atomic E-state index is 13.8. The Balaban J connectivity index is 1.99. The van der Waals surface area contributed by atoms with Crippen LogP contribution in [0.4, 0.5) is 13.2 Å². The fraction of sp³-hybridized carbons (Fsp3) is 0.571. The van der Waals surface area contributed by atoms with Crippen LogP contribution in [0.2, 0.25) is 0 Å². The van der Waals surface area contributed by atoms with Crippen molar-refractivity contribution >= 4 is 17.7 Å². The molecule has 0 saturated carbocycles. The molecule has 1 aromatic heterocycles. The van der Waals surface area contributed by atoms with Crippen molar-refractivity contribution in [3.8, 4) is 5.69 Å². The van der Waals surface area contributed by atoms with Gasteiger partial charge < -0.3 is 5.32 Å². The maximum Gasteiger partial charge on any atom is 0.418 e. The summed E-state index contributed by atoms with van der Waals surface area (Å²) in [7, 11) is 0. The number of nitrogens with zero attached hydrogens (tertiary/aromatic N) is 4. The number of aromatic nitrogens is 3. The van der Waals surface area contributed by atoms with Gasteiger partial charge in [0.1, 0.15) is 0 Å². The number of nitrogens with one attached hydrogen (secondary N) is 1. The topological polar surface area (TPSA) is 63.1 Å². The van der Waals surface area contributed by atoms with Gasteiger partial charge in [0.05, 0.1) is 23.0 Å². The number of para-hydroxylation sites is 1. The number of benzene rings is 1. The van der Waals surface area contributed by atoms with E-state index < -0.39 is 17.0 Å². The largest absolute Gasteiger partial charge is 0.418 e. The van der Waals surface area contributed by atoms with Crippen LogP contribution in [-0.2, 0) is 17.5 Å². The third kappa shape index (κ3) is 6.00. The molecule has 6 nitrogen and oxygen atoms in total. The minimum absolute atomic E-state index is 0.0222. The van der Waals surface area contributed by atoms with Crippen LogP contribution in [0.5, 0.6) is 0 Å². The van der Waals surface area contributed by atoms with E-state index in [1.165, 1.54) is 16.7 Å². The van der Waals surface area contributed by atoms with Gasteiger partial charge in [0.2, 0.25) is 5.91 Å². The van der Waals surface area contributed by atoms with Crippen molar-refractivity contribution in [3.63, 3.8) is 0 Å². The highest BCUT2D eigenvalue weighted by atomic mass is 32.2. The first-order valence-electron chi connectivity index (χ1n) is 10.5. The Morgan fingerprint density at radius 1 is 1.13 bits per heavy atom. The number of hydrogen-bond donors (Lipinski definition) is 1. The number of hydrogen-bond acceptors (Lipinski definition) is 5. The van der Waals surface area contributed by atoms with Crippen molar-refractivity contribution < 1.29 is 18.0 Å². The summed E-state index contributed by atoms with van der Waals surface area (Å²) in [6.45, 7) is 7.59. The highest BCUT2D eigenvalue weighted by Crippen LogP contribution is 2.36. The van der Waals surface area contributed by atoms with Gasteiger partial charge in [-0.15, -0.1) is 10.2 Å². The summed E-state index contributed by atoms with van der Waals surface area (Å²) in [6, 6.07) is 5.39. The third-order valence-corrected chi connectivity index (χ3v) is 6.09. The summed E-state index contributed by atoms with van der Waals surface area (Å²) >= 11 is 1.11. The Morgan fingerprint density at radius 2 is 1.81 bits per heavy atom. The highest BCUT2D eigenvalue weighted by Gasteiger charge is 2.35. The molecular formula is C21H28F3N5OS. The average molecular weight is 456 g/mol. The molecule has 0 aliphatic carbocycles. The molecule has 1 unspecified atom stereocenters. The molecule has 170 valence electrons. The third-order valence-electron chi connectivity index (χ3n) is 5.05. The highest BCUT2D eigenvalue weighted by molar-refractivity contribution is 8.00. The van der Waals surface area contributed by atoms with E-state index >= 15 is 0 Å². The van der Waals surface area contributed by atoms with Gasteiger partial charge in [-0.25, -0.2) is 0 Å². The van der Waals surface area contributed by atoms with Crippen molar-refractivity contribution in [2.75, 3.05) is 13.1 Å². The molecule has 1 amide bonds. The first-order chi connectivity index (χ1) is 14.7. The summed E-state index contributed by atoms with van der Waals surface area (Å²) in [5.41, 5.74) is -0.776. The standard InChI is InChI=1S/C21H28F3N5OS/c1-14(2)25-19(30)15(3)31-20-27-26-18(13-28-11-7-4-8-12-28)29(20)17-10-6-5-9-16(17)21(22,23)24/h5-6,9-10,14-15H,4,7-8,11-13H2,1-3H3,(H,25,30). The van der Waals surface area contributed by atoms with Crippen LogP contribution >= 0.6 is 11.8 Å². The number of thioether (sulfide) groups is 1. The zero-order valence-corrected chi connectivity index (χ0v) is 18.8. The average Bonchev–Trinajstić information content (AvgIpc) is 3.09. The molecule has 1 aromatic carbocycles. The van der Waals surface area contributed by atoms with Gasteiger partial charge in [0, 0.05) is 6.04 Å². The second-order valence-corrected chi connectivity index (χ2v) is 9.32. The predicted molar refractivity (Wildman–Crippen MR) is 114 cm³/mol. The maximum absolute atomic E-state index is 13.8. The summed E-state index contributed by atoms with van der Waals surface area (Å²) in [5, 5.41) is 11.0. The zero-order valence-electron chi connectivity index (χ0n) is 17.9. The number of halogens is 3. The van der Waals surface area contributed by atoms with Crippen LogP contribution in [0.15, 0.2) is 29.4 Å². The Kier molecular flexibility index (Phi) is 7.64. The molecule has 1 fully saturated rings. The SMILES string of the molecule is CC(C)NC(=O)C(C)Sc1nnc(CN2CCCCC2)n1-c1ccccc1C(F)(F)F. The lowest BCUT2D eigenvalue weighted by molar-refractivity contribution is -0.137. The molecule has 0 radical (unpaired) electrons. The molecule has 2 heterocycles. The number of piperidine rings is 1. The van der Waals surface area contributed by atoms with Crippen LogP contribution < -0.4 is 5.32 Å². The van der Waals surface area contributed by atoms with Gasteiger partial charge in [-0.2, -0.15) is 13.2 Å². The second kappa shape index (κ2) is 10.0. The molecule has 31 heavy (non-hydrogen) atoms. The van der Waals surface area contributed by atoms with Gasteiger partial charge in [-0.3, -0.25) is 14.3 Å². The fourth-order valence-electron chi connectivity index (χ4n) is 3.56. The smallest absolute Gasteiger partial charge is 0.353 e. The van der Waals surface area contributed by atoms with E-state index in [1.54, 1.807) is 13.0 Å². The minimum Gasteiger partial charge on any atom is -0.353 e. The lowest BCUT2D eigenvalue weighted by Gasteiger charge is -2.26. The number of carbonyl (C=O) groups is 1. The molecular weight excluding hydrogens is 427 g/mol. The monoisotopic (exact) mass is 455 g/mol. The summed E-state index contributed by atoms with van der Waals surface area (Å²) in [5.74, 6) is 0.244. The summed E-state index contributed by atoms with van der Waals surface area (Å²) in [4.78, 5) is 14.6. The fourth-order valence-corrected chi connectivity index (χ4v) is 4.45. The van der Waals surface area contributed by atoms with Gasteiger partial charge in [-0.05, 0) is 58.8 Å². The van der Waals surface area contributed by atoms with E-state index in [1.807, 2.05) is 13.8 Å². The van der Waals surface area contributed by atoms with Gasteiger partial charge in [0.25, 0.3) is 0 Å². The Labute approximate surface area is 184 Å². The number of amides is 1. The van der Waals surface area contributed by atoms with Crippen molar-refractivity contribution in [1.82, 2.24) is 25.0 Å². The summed E-state index contributed by atoms with van der Waals surface area (Å²) in [6.07, 6.45) is -1.25. The lowest BCUT2D eigenvalue weighted by atomic mass is 10.1. The van der Waals surface area contributed by atoms with E-state index in [0.717, 1.165) is 50.2 Å². The molecule has 1 atom stereocenters. The van der Waals surface area contributed by atoms with Crippen molar-refractivity contribution in [3.05, 3.63) is 35.7 Å². The van der Waals surface area contributed by atoms with Crippen molar-refractivity contribution in [2.24, 2.45) is 0 Å². The van der Waals surface area contributed by atoms with E-state index in [0.29, 0.717) is 12.4 Å². The molecule has 1 N–H and O–H groups in total. The second-order valence-electron chi connectivity index (χ2n) is 8.01. The minimum atomic E-state index is -4.52. The Bertz CT molecular complexity index is 893. The number of alkyl halides is 3. The van der Waals surface area contributed by atoms with Crippen molar-refractivity contribution in [1.29, 1.82) is 0 Å². The molecule has 1 aliphatic rings. The molecule has 10 heteroatoms. The van der Waals surface area contributed by atoms with Crippen LogP contribution in [0.3, 0.4) is 0 Å². The molecule has 0 spiro atoms. The van der Waals surface area contributed by atoms with Crippen LogP contribution in [0.1, 0.15) is 51.4 Å². The Hall–Kier alpha value is -2.07. The van der Waals surface area contributed by atoms with Gasteiger partial charge in [0.15, 0.2) is 11.0 Å². The molecule has 0 bridgehead atoms. The number of likely N-dealkylation sites (tertiary alicyclic amines) is 1. The molecule has 1 saturated heterocycles. The number of rotatable bonds is 7. The molecule has 1 aliphatic heterocycles. The predicted octanol–water partition coefficient (Wildman–Crippen LogP) is 4.28. The first-order valence-corrected chi connectivity index (χ1v) is 11.3. The lowest BCUT2D eigenvalue weighted by Crippen LogP contribution is -2.36. The Morgan fingerprint density at radius 3 is 2.45 bits per heavy atom. The summed E-state index contributed by atoms with van der Waals surface area (Å²) < 4.78 is 42.7. The van der Waals surface area contributed by atoms with Crippen LogP contribution in [-0.4, -0.2) is 50.0 Å². The number of carbonyl (C=O) groups excluding carboxylic acids is 1. The molecule has 3 rings (SSSR count). The van der Waals surface area contributed by atoms with Gasteiger partial charge >= 0.3 is 6.18 Å². The van der Waals surface area contributed by atoms with E-state index in [4.69, 9.17) is 0 Å². The van der Waals surface area contributed by atoms with Crippen molar-refractivity contribution in [2.45, 2.75) is 69.2 Å². The van der Waals surface area contributed by atoms with Gasteiger partial charge in [-0.1, -0.05) is 30.3 Å². The van der Waals surface area contributed by atoms with E-state index in [9.17, 15) is 18.0 Å². The quantitative estimate of drug-likeness (QED) is 0.632. The van der Waals surface area contributed by atoms with Crippen LogP contribution in [0, 0.1) is 0 Å². The van der Waals surface area contributed by atoms with E-state index in [2.05, 4.69) is 20.4 Å². The van der Waals surface area contributed by atoms with E-state index in [-0.39, 0.29) is 22.8 Å². The first kappa shape index (κ1) is 23.6.